The number of hydrazine groups is 1. The van der Waals surface area contributed by atoms with Crippen LogP contribution in [0.15, 0.2) is 41.5 Å². The van der Waals surface area contributed by atoms with Crippen LogP contribution in [0.5, 0.6) is 0 Å². The first-order valence-electron chi connectivity index (χ1n) is 12.3. The fourth-order valence-electron chi connectivity index (χ4n) is 5.26. The summed E-state index contributed by atoms with van der Waals surface area (Å²) in [6.45, 7) is 1.07. The summed E-state index contributed by atoms with van der Waals surface area (Å²) in [7, 11) is 0. The van der Waals surface area contributed by atoms with Crippen molar-refractivity contribution in [2.24, 2.45) is 23.6 Å². The maximum Gasteiger partial charge on any atom is 0.278 e. The van der Waals surface area contributed by atoms with E-state index in [1.807, 2.05) is 23.1 Å². The number of nitrogens with two attached hydrogens (primary N) is 2. The van der Waals surface area contributed by atoms with E-state index >= 15 is 0 Å². The Kier molecular flexibility index (Phi) is 6.07. The number of carbonyl (C=O) groups excluding carboxylic acids is 1. The van der Waals surface area contributed by atoms with Gasteiger partial charge in [0, 0.05) is 19.5 Å². The smallest absolute Gasteiger partial charge is 0.278 e. The molecule has 1 amide bonds. The Bertz CT molecular complexity index is 1080. The molecule has 0 unspecified atom stereocenters. The Morgan fingerprint density at radius 3 is 2.35 bits per heavy atom. The summed E-state index contributed by atoms with van der Waals surface area (Å²) >= 11 is 0. The Morgan fingerprint density at radius 1 is 1.15 bits per heavy atom. The molecular formula is C25H34N6O3. The number of anilines is 3. The molecule has 0 atom stereocenters. The van der Waals surface area contributed by atoms with Gasteiger partial charge in [-0.1, -0.05) is 18.2 Å². The van der Waals surface area contributed by atoms with Crippen molar-refractivity contribution in [3.63, 3.8) is 0 Å². The third-order valence-electron chi connectivity index (χ3n) is 7.69. The van der Waals surface area contributed by atoms with Gasteiger partial charge in [-0.2, -0.15) is 0 Å². The van der Waals surface area contributed by atoms with E-state index in [4.69, 9.17) is 11.6 Å². The van der Waals surface area contributed by atoms with Crippen molar-refractivity contribution in [3.05, 3.63) is 47.0 Å². The molecule has 1 aromatic heterocycles. The number of para-hydroxylation sites is 1. The van der Waals surface area contributed by atoms with Gasteiger partial charge in [-0.3, -0.25) is 19.2 Å². The average molecular weight is 467 g/mol. The van der Waals surface area contributed by atoms with E-state index in [9.17, 15) is 14.7 Å². The predicted molar refractivity (Wildman–Crippen MR) is 130 cm³/mol. The summed E-state index contributed by atoms with van der Waals surface area (Å²) in [5, 5.41) is 12.4. The second kappa shape index (κ2) is 9.03. The van der Waals surface area contributed by atoms with Crippen LogP contribution < -0.4 is 22.1 Å². The lowest BCUT2D eigenvalue weighted by Gasteiger charge is -2.39. The standard InChI is InChI=1S/C25H34N6O3/c26-22-23(31(27)19-4-2-1-3-5-19)28-16-30(24(22)33)15-25(34)10-12-29(13-11-25)21(32)14-20(17-6-7-17)18-8-9-18/h1-5,16-18,20,34H,6-15,26-27H2. The highest BCUT2D eigenvalue weighted by atomic mass is 16.3. The molecule has 0 bridgehead atoms. The summed E-state index contributed by atoms with van der Waals surface area (Å²) in [5.41, 5.74) is 5.13. The Hall–Kier alpha value is -2.91. The van der Waals surface area contributed by atoms with Gasteiger partial charge in [0.05, 0.1) is 17.8 Å². The van der Waals surface area contributed by atoms with Gasteiger partial charge in [-0.05, 0) is 68.4 Å². The largest absolute Gasteiger partial charge is 0.391 e. The van der Waals surface area contributed by atoms with Gasteiger partial charge in [-0.15, -0.1) is 0 Å². The highest BCUT2D eigenvalue weighted by Gasteiger charge is 2.43. The number of aromatic nitrogens is 2. The molecule has 1 aliphatic heterocycles. The molecular weight excluding hydrogens is 432 g/mol. The topological polar surface area (TPSA) is 131 Å². The number of piperidine rings is 1. The van der Waals surface area contributed by atoms with Gasteiger partial charge in [0.25, 0.3) is 5.56 Å². The van der Waals surface area contributed by atoms with Crippen molar-refractivity contribution in [1.29, 1.82) is 0 Å². The van der Waals surface area contributed by atoms with Gasteiger partial charge in [0.15, 0.2) is 5.82 Å². The average Bonchev–Trinajstić information content (AvgIpc) is 3.75. The molecule has 9 heteroatoms. The Morgan fingerprint density at radius 2 is 1.76 bits per heavy atom. The van der Waals surface area contributed by atoms with Crippen molar-refractivity contribution >= 4 is 23.1 Å². The van der Waals surface area contributed by atoms with E-state index in [1.54, 1.807) is 12.1 Å². The zero-order chi connectivity index (χ0) is 23.9. The van der Waals surface area contributed by atoms with Crippen LogP contribution in [0.4, 0.5) is 17.2 Å². The third-order valence-corrected chi connectivity index (χ3v) is 7.69. The normalized spacial score (nSPS) is 19.9. The summed E-state index contributed by atoms with van der Waals surface area (Å²) in [6, 6.07) is 9.11. The van der Waals surface area contributed by atoms with Crippen LogP contribution in [0.2, 0.25) is 0 Å². The molecule has 0 radical (unpaired) electrons. The second-order valence-corrected chi connectivity index (χ2v) is 10.3. The molecule has 5 rings (SSSR count). The number of benzene rings is 1. The molecule has 1 aromatic carbocycles. The zero-order valence-electron chi connectivity index (χ0n) is 19.5. The highest BCUT2D eigenvalue weighted by Crippen LogP contribution is 2.50. The summed E-state index contributed by atoms with van der Waals surface area (Å²) in [6.07, 6.45) is 7.93. The molecule has 3 fully saturated rings. The number of carbonyl (C=O) groups is 1. The number of hydrogen-bond acceptors (Lipinski definition) is 7. The fraction of sp³-hybridized carbons (Fsp3) is 0.560. The van der Waals surface area contributed by atoms with E-state index in [1.165, 1.54) is 41.6 Å². The van der Waals surface area contributed by atoms with E-state index < -0.39 is 11.2 Å². The first kappa shape index (κ1) is 22.9. The second-order valence-electron chi connectivity index (χ2n) is 10.3. The first-order chi connectivity index (χ1) is 16.3. The van der Waals surface area contributed by atoms with Crippen LogP contribution in [0.25, 0.3) is 0 Å². The van der Waals surface area contributed by atoms with Crippen LogP contribution in [0.3, 0.4) is 0 Å². The molecule has 0 spiro atoms. The highest BCUT2D eigenvalue weighted by molar-refractivity contribution is 5.76. The maximum absolute atomic E-state index is 12.9. The number of aliphatic hydroxyl groups is 1. The van der Waals surface area contributed by atoms with Gasteiger partial charge in [-0.25, -0.2) is 10.8 Å². The molecule has 2 heterocycles. The van der Waals surface area contributed by atoms with E-state index in [-0.39, 0.29) is 24.0 Å². The zero-order valence-corrected chi connectivity index (χ0v) is 19.5. The van der Waals surface area contributed by atoms with E-state index in [0.717, 1.165) is 11.8 Å². The lowest BCUT2D eigenvalue weighted by Crippen LogP contribution is -2.50. The van der Waals surface area contributed by atoms with Crippen LogP contribution in [0.1, 0.15) is 44.9 Å². The Balaban J connectivity index is 1.21. The SMILES string of the molecule is Nc1c(N(N)c2ccccc2)ncn(CC2(O)CCN(C(=O)CC(C3CC3)C3CC3)CC2)c1=O. The van der Waals surface area contributed by atoms with Crippen molar-refractivity contribution in [3.8, 4) is 0 Å². The third kappa shape index (κ3) is 4.81. The lowest BCUT2D eigenvalue weighted by molar-refractivity contribution is -0.137. The molecule has 1 saturated heterocycles. The van der Waals surface area contributed by atoms with Crippen molar-refractivity contribution in [1.82, 2.24) is 14.5 Å². The minimum Gasteiger partial charge on any atom is -0.391 e. The van der Waals surface area contributed by atoms with Crippen molar-refractivity contribution in [2.45, 2.75) is 57.1 Å². The first-order valence-corrected chi connectivity index (χ1v) is 12.3. The number of likely N-dealkylation sites (tertiary alicyclic amines) is 1. The van der Waals surface area contributed by atoms with Crippen LogP contribution in [-0.2, 0) is 11.3 Å². The molecule has 2 aliphatic carbocycles. The number of nitrogen functional groups attached to an aromatic ring is 1. The Labute approximate surface area is 199 Å². The van der Waals surface area contributed by atoms with Crippen LogP contribution >= 0.6 is 0 Å². The molecule has 5 N–H and O–H groups in total. The van der Waals surface area contributed by atoms with Gasteiger partial charge in [0.1, 0.15) is 12.0 Å². The summed E-state index contributed by atoms with van der Waals surface area (Å²) in [5.74, 6) is 8.55. The molecule has 34 heavy (non-hydrogen) atoms. The fourth-order valence-corrected chi connectivity index (χ4v) is 5.26. The predicted octanol–water partition coefficient (Wildman–Crippen LogP) is 2.02. The molecule has 2 saturated carbocycles. The van der Waals surface area contributed by atoms with Crippen molar-refractivity contribution in [2.75, 3.05) is 23.8 Å². The molecule has 3 aliphatic rings. The minimum atomic E-state index is -1.09. The van der Waals surface area contributed by atoms with Crippen molar-refractivity contribution < 1.29 is 9.90 Å². The van der Waals surface area contributed by atoms with E-state index in [2.05, 4.69) is 4.98 Å². The summed E-state index contributed by atoms with van der Waals surface area (Å²) < 4.78 is 1.34. The number of amides is 1. The number of nitrogens with zero attached hydrogens (tertiary/aromatic N) is 4. The van der Waals surface area contributed by atoms with E-state index in [0.29, 0.717) is 44.0 Å². The number of hydrogen-bond donors (Lipinski definition) is 3. The monoisotopic (exact) mass is 466 g/mol. The minimum absolute atomic E-state index is 0.0729. The van der Waals surface area contributed by atoms with Crippen LogP contribution in [0, 0.1) is 17.8 Å². The molecule has 182 valence electrons. The van der Waals surface area contributed by atoms with Crippen LogP contribution in [-0.4, -0.2) is 44.2 Å². The van der Waals surface area contributed by atoms with Gasteiger partial charge < -0.3 is 15.7 Å². The number of rotatable bonds is 8. The maximum atomic E-state index is 12.9. The molecule has 9 nitrogen and oxygen atoms in total. The van der Waals surface area contributed by atoms with Gasteiger partial charge >= 0.3 is 0 Å². The van der Waals surface area contributed by atoms with Gasteiger partial charge in [0.2, 0.25) is 5.91 Å². The molecule has 2 aromatic rings. The quantitative estimate of drug-likeness (QED) is 0.401. The lowest BCUT2D eigenvalue weighted by atomic mass is 9.89. The summed E-state index contributed by atoms with van der Waals surface area (Å²) in [4.78, 5) is 32.0.